The first kappa shape index (κ1) is 15.0. The lowest BCUT2D eigenvalue weighted by molar-refractivity contribution is 0.0696. The molecular formula is C12H18ClNO4. The van der Waals surface area contributed by atoms with Gasteiger partial charge in [-0.2, -0.15) is 0 Å². The highest BCUT2D eigenvalue weighted by Crippen LogP contribution is 2.34. The lowest BCUT2D eigenvalue weighted by Crippen LogP contribution is -2.11. The zero-order chi connectivity index (χ0) is 13.4. The Hall–Kier alpha value is -1.01. The van der Waals surface area contributed by atoms with E-state index in [2.05, 4.69) is 0 Å². The van der Waals surface area contributed by atoms with Gasteiger partial charge in [-0.05, 0) is 6.07 Å². The van der Waals surface area contributed by atoms with Gasteiger partial charge < -0.3 is 25.1 Å². The van der Waals surface area contributed by atoms with Crippen molar-refractivity contribution in [3.05, 3.63) is 22.7 Å². The molecule has 0 saturated carbocycles. The standard InChI is InChI=1S/C12H18ClNO4/c1-16-11-7-10(13)6-9(8-14)12(11)18-5-4-17-3-2-15/h6-7,15H,2-5,8,14H2,1H3. The second-order valence-electron chi connectivity index (χ2n) is 3.48. The first-order chi connectivity index (χ1) is 8.72. The molecule has 0 aliphatic heterocycles. The quantitative estimate of drug-likeness (QED) is 0.697. The third-order valence-corrected chi connectivity index (χ3v) is 2.46. The van der Waals surface area contributed by atoms with Crippen LogP contribution in [0.2, 0.25) is 5.02 Å². The second kappa shape index (κ2) is 8.16. The van der Waals surface area contributed by atoms with Gasteiger partial charge in [-0.15, -0.1) is 0 Å². The van der Waals surface area contributed by atoms with Gasteiger partial charge in [0.1, 0.15) is 6.61 Å². The Morgan fingerprint density at radius 3 is 2.67 bits per heavy atom. The molecule has 3 N–H and O–H groups in total. The molecule has 0 aliphatic rings. The van der Waals surface area contributed by atoms with Crippen LogP contribution >= 0.6 is 11.6 Å². The Morgan fingerprint density at radius 1 is 1.28 bits per heavy atom. The van der Waals surface area contributed by atoms with Crippen LogP contribution in [0.5, 0.6) is 11.5 Å². The van der Waals surface area contributed by atoms with Crippen molar-refractivity contribution in [3.63, 3.8) is 0 Å². The average molecular weight is 276 g/mol. The first-order valence-electron chi connectivity index (χ1n) is 5.60. The summed E-state index contributed by atoms with van der Waals surface area (Å²) in [5.41, 5.74) is 6.42. The van der Waals surface area contributed by atoms with Gasteiger partial charge in [-0.1, -0.05) is 11.6 Å². The van der Waals surface area contributed by atoms with E-state index in [1.54, 1.807) is 19.2 Å². The molecular weight excluding hydrogens is 258 g/mol. The number of aliphatic hydroxyl groups excluding tert-OH is 1. The SMILES string of the molecule is COc1cc(Cl)cc(CN)c1OCCOCCO. The first-order valence-corrected chi connectivity index (χ1v) is 5.98. The van der Waals surface area contributed by atoms with Crippen molar-refractivity contribution in [2.75, 3.05) is 33.5 Å². The summed E-state index contributed by atoms with van der Waals surface area (Å²) < 4.78 is 15.9. The van der Waals surface area contributed by atoms with Crippen LogP contribution in [-0.4, -0.2) is 38.6 Å². The van der Waals surface area contributed by atoms with Crippen LogP contribution in [0.1, 0.15) is 5.56 Å². The Morgan fingerprint density at radius 2 is 2.06 bits per heavy atom. The van der Waals surface area contributed by atoms with Gasteiger partial charge in [0.15, 0.2) is 11.5 Å². The summed E-state index contributed by atoms with van der Waals surface area (Å²) in [5, 5.41) is 9.11. The van der Waals surface area contributed by atoms with Crippen LogP contribution in [0.4, 0.5) is 0 Å². The van der Waals surface area contributed by atoms with Gasteiger partial charge in [0.05, 0.1) is 26.9 Å². The smallest absolute Gasteiger partial charge is 0.165 e. The lowest BCUT2D eigenvalue weighted by atomic mass is 10.2. The Balaban J connectivity index is 2.67. The summed E-state index contributed by atoms with van der Waals surface area (Å²) in [4.78, 5) is 0. The highest BCUT2D eigenvalue weighted by Gasteiger charge is 2.11. The van der Waals surface area contributed by atoms with Gasteiger partial charge in [0, 0.05) is 23.2 Å². The van der Waals surface area contributed by atoms with Gasteiger partial charge in [0.2, 0.25) is 0 Å². The molecule has 102 valence electrons. The highest BCUT2D eigenvalue weighted by molar-refractivity contribution is 6.30. The van der Waals surface area contributed by atoms with Crippen molar-refractivity contribution in [2.24, 2.45) is 5.73 Å². The van der Waals surface area contributed by atoms with E-state index in [1.165, 1.54) is 0 Å². The molecule has 0 heterocycles. The molecule has 1 aromatic rings. The predicted molar refractivity (Wildman–Crippen MR) is 69.3 cm³/mol. The molecule has 1 rings (SSSR count). The lowest BCUT2D eigenvalue weighted by Gasteiger charge is -2.15. The molecule has 0 aromatic heterocycles. The van der Waals surface area contributed by atoms with Crippen molar-refractivity contribution in [1.29, 1.82) is 0 Å². The summed E-state index contributed by atoms with van der Waals surface area (Å²) in [6, 6.07) is 3.42. The third-order valence-electron chi connectivity index (χ3n) is 2.25. The molecule has 1 aromatic carbocycles. The average Bonchev–Trinajstić information content (AvgIpc) is 2.39. The van der Waals surface area contributed by atoms with E-state index < -0.39 is 0 Å². The number of rotatable bonds is 8. The zero-order valence-electron chi connectivity index (χ0n) is 10.3. The van der Waals surface area contributed by atoms with Crippen molar-refractivity contribution < 1.29 is 19.3 Å². The topological polar surface area (TPSA) is 73.9 Å². The minimum atomic E-state index is -0.00167. The summed E-state index contributed by atoms with van der Waals surface area (Å²) in [6.07, 6.45) is 0. The maximum Gasteiger partial charge on any atom is 0.165 e. The molecule has 18 heavy (non-hydrogen) atoms. The Bertz CT molecular complexity index is 348. The molecule has 0 atom stereocenters. The number of hydrogen-bond acceptors (Lipinski definition) is 5. The summed E-state index contributed by atoms with van der Waals surface area (Å²) in [6.45, 7) is 1.34. The molecule has 6 heteroatoms. The number of hydrogen-bond donors (Lipinski definition) is 2. The maximum absolute atomic E-state index is 8.56. The minimum Gasteiger partial charge on any atom is -0.493 e. The highest BCUT2D eigenvalue weighted by atomic mass is 35.5. The monoisotopic (exact) mass is 275 g/mol. The van der Waals surface area contributed by atoms with Gasteiger partial charge in [-0.3, -0.25) is 0 Å². The molecule has 0 aliphatic carbocycles. The van der Waals surface area contributed by atoms with Crippen molar-refractivity contribution >= 4 is 11.6 Å². The number of methoxy groups -OCH3 is 1. The largest absolute Gasteiger partial charge is 0.493 e. The van der Waals surface area contributed by atoms with Gasteiger partial charge in [0.25, 0.3) is 0 Å². The van der Waals surface area contributed by atoms with E-state index in [9.17, 15) is 0 Å². The predicted octanol–water partition coefficient (Wildman–Crippen LogP) is 1.19. The van der Waals surface area contributed by atoms with Crippen LogP contribution in [0.3, 0.4) is 0 Å². The Kier molecular flexibility index (Phi) is 6.82. The van der Waals surface area contributed by atoms with Crippen molar-refractivity contribution in [1.82, 2.24) is 0 Å². The second-order valence-corrected chi connectivity index (χ2v) is 3.92. The van der Waals surface area contributed by atoms with E-state index in [0.29, 0.717) is 42.9 Å². The zero-order valence-corrected chi connectivity index (χ0v) is 11.1. The van der Waals surface area contributed by atoms with Crippen LogP contribution in [0, 0.1) is 0 Å². The van der Waals surface area contributed by atoms with Gasteiger partial charge in [-0.25, -0.2) is 0 Å². The number of nitrogens with two attached hydrogens (primary N) is 1. The van der Waals surface area contributed by atoms with E-state index >= 15 is 0 Å². The van der Waals surface area contributed by atoms with Gasteiger partial charge >= 0.3 is 0 Å². The molecule has 0 spiro atoms. The number of benzene rings is 1. The molecule has 0 unspecified atom stereocenters. The van der Waals surface area contributed by atoms with E-state index in [4.69, 9.17) is 36.7 Å². The van der Waals surface area contributed by atoms with Crippen molar-refractivity contribution in [3.8, 4) is 11.5 Å². The maximum atomic E-state index is 8.56. The fourth-order valence-corrected chi connectivity index (χ4v) is 1.69. The summed E-state index contributed by atoms with van der Waals surface area (Å²) in [5.74, 6) is 1.13. The summed E-state index contributed by atoms with van der Waals surface area (Å²) >= 11 is 5.94. The molecule has 0 bridgehead atoms. The molecule has 0 amide bonds. The molecule has 0 radical (unpaired) electrons. The van der Waals surface area contributed by atoms with Crippen LogP contribution in [-0.2, 0) is 11.3 Å². The molecule has 5 nitrogen and oxygen atoms in total. The van der Waals surface area contributed by atoms with Crippen LogP contribution in [0.15, 0.2) is 12.1 Å². The fraction of sp³-hybridized carbons (Fsp3) is 0.500. The van der Waals surface area contributed by atoms with Crippen LogP contribution in [0.25, 0.3) is 0 Å². The number of ether oxygens (including phenoxy) is 3. The molecule has 0 fully saturated rings. The number of halogens is 1. The number of aliphatic hydroxyl groups is 1. The minimum absolute atomic E-state index is 0.00167. The molecule has 0 saturated heterocycles. The van der Waals surface area contributed by atoms with Crippen LogP contribution < -0.4 is 15.2 Å². The normalized spacial score (nSPS) is 10.4. The van der Waals surface area contributed by atoms with Crippen molar-refractivity contribution in [2.45, 2.75) is 6.54 Å². The fourth-order valence-electron chi connectivity index (χ4n) is 1.46. The van der Waals surface area contributed by atoms with E-state index in [-0.39, 0.29) is 6.61 Å². The van der Waals surface area contributed by atoms with E-state index in [0.717, 1.165) is 5.56 Å². The Labute approximate surface area is 111 Å². The third kappa shape index (κ3) is 4.34. The van der Waals surface area contributed by atoms with E-state index in [1.807, 2.05) is 0 Å². The summed E-state index contributed by atoms with van der Waals surface area (Å²) in [7, 11) is 1.54.